The van der Waals surface area contributed by atoms with Crippen LogP contribution in [0.2, 0.25) is 0 Å². The smallest absolute Gasteiger partial charge is 0.227 e. The average Bonchev–Trinajstić information content (AvgIpc) is 2.70. The lowest BCUT2D eigenvalue weighted by atomic mass is 10.1. The summed E-state index contributed by atoms with van der Waals surface area (Å²) in [6, 6.07) is 8.41. The Labute approximate surface area is 109 Å². The minimum atomic E-state index is 0.234. The molecule has 2 N–H and O–H groups in total. The van der Waals surface area contributed by atoms with Crippen molar-refractivity contribution in [1.29, 1.82) is 0 Å². The molecule has 0 spiro atoms. The van der Waals surface area contributed by atoms with Gasteiger partial charge in [0.15, 0.2) is 0 Å². The summed E-state index contributed by atoms with van der Waals surface area (Å²) in [5.41, 5.74) is 7.48. The number of carbonyl (C=O) groups is 1. The molecular formula is C15H22N2O. The van der Waals surface area contributed by atoms with Crippen molar-refractivity contribution in [3.8, 4) is 0 Å². The highest BCUT2D eigenvalue weighted by Crippen LogP contribution is 2.26. The maximum absolute atomic E-state index is 12.4. The van der Waals surface area contributed by atoms with Crippen LogP contribution in [-0.2, 0) is 11.2 Å². The van der Waals surface area contributed by atoms with Crippen LogP contribution >= 0.6 is 0 Å². The molecule has 1 saturated heterocycles. The topological polar surface area (TPSA) is 46.3 Å². The molecule has 0 bridgehead atoms. The summed E-state index contributed by atoms with van der Waals surface area (Å²) in [4.78, 5) is 14.5. The number of nitrogens with zero attached hydrogens (tertiary/aromatic N) is 1. The fraction of sp³-hybridized carbons (Fsp3) is 0.533. The molecule has 18 heavy (non-hydrogen) atoms. The molecule has 0 aromatic heterocycles. The van der Waals surface area contributed by atoms with E-state index in [-0.39, 0.29) is 5.91 Å². The lowest BCUT2D eigenvalue weighted by Gasteiger charge is -2.28. The van der Waals surface area contributed by atoms with Gasteiger partial charge in [-0.25, -0.2) is 0 Å². The summed E-state index contributed by atoms with van der Waals surface area (Å²) in [5.74, 6) is 0.234. The zero-order chi connectivity index (χ0) is 13.1. The number of hydrogen-bond acceptors (Lipinski definition) is 2. The van der Waals surface area contributed by atoms with Gasteiger partial charge in [0, 0.05) is 17.8 Å². The number of nitrogens with two attached hydrogens (primary N) is 1. The van der Waals surface area contributed by atoms with Crippen LogP contribution in [0.25, 0.3) is 0 Å². The van der Waals surface area contributed by atoms with Crippen LogP contribution in [0, 0.1) is 0 Å². The van der Waals surface area contributed by atoms with Crippen molar-refractivity contribution in [3.63, 3.8) is 0 Å². The third kappa shape index (κ3) is 2.66. The Morgan fingerprint density at radius 3 is 2.89 bits per heavy atom. The van der Waals surface area contributed by atoms with Crippen molar-refractivity contribution in [2.45, 2.75) is 51.6 Å². The first-order chi connectivity index (χ1) is 8.61. The van der Waals surface area contributed by atoms with Crippen molar-refractivity contribution in [1.82, 2.24) is 4.90 Å². The van der Waals surface area contributed by atoms with E-state index in [1.54, 1.807) is 0 Å². The summed E-state index contributed by atoms with van der Waals surface area (Å²) >= 11 is 0. The van der Waals surface area contributed by atoms with Gasteiger partial charge in [0.1, 0.15) is 0 Å². The SMILES string of the molecule is CCC1CCC(C)N1C(=O)Cc1cccc(N)c1. The number of amides is 1. The van der Waals surface area contributed by atoms with Crippen LogP contribution in [0.4, 0.5) is 5.69 Å². The van der Waals surface area contributed by atoms with Gasteiger partial charge < -0.3 is 10.6 Å². The molecule has 0 radical (unpaired) electrons. The molecule has 1 heterocycles. The largest absolute Gasteiger partial charge is 0.399 e. The monoisotopic (exact) mass is 246 g/mol. The Morgan fingerprint density at radius 1 is 1.44 bits per heavy atom. The van der Waals surface area contributed by atoms with Gasteiger partial charge in [-0.3, -0.25) is 4.79 Å². The van der Waals surface area contributed by atoms with Crippen molar-refractivity contribution in [3.05, 3.63) is 29.8 Å². The maximum atomic E-state index is 12.4. The molecule has 1 aromatic carbocycles. The third-order valence-electron chi connectivity index (χ3n) is 3.85. The fourth-order valence-electron chi connectivity index (χ4n) is 2.89. The van der Waals surface area contributed by atoms with Crippen molar-refractivity contribution in [2.24, 2.45) is 0 Å². The van der Waals surface area contributed by atoms with Crippen molar-refractivity contribution < 1.29 is 4.79 Å². The van der Waals surface area contributed by atoms with E-state index >= 15 is 0 Å². The minimum absolute atomic E-state index is 0.234. The van der Waals surface area contributed by atoms with Gasteiger partial charge in [0.2, 0.25) is 5.91 Å². The standard InChI is InChI=1S/C15H22N2O/c1-3-14-8-7-11(2)17(14)15(18)10-12-5-4-6-13(16)9-12/h4-6,9,11,14H,3,7-8,10,16H2,1-2H3. The van der Waals surface area contributed by atoms with E-state index in [4.69, 9.17) is 5.73 Å². The third-order valence-corrected chi connectivity index (χ3v) is 3.85. The van der Waals surface area contributed by atoms with Gasteiger partial charge in [-0.2, -0.15) is 0 Å². The van der Waals surface area contributed by atoms with E-state index in [2.05, 4.69) is 18.7 Å². The number of hydrogen-bond donors (Lipinski definition) is 1. The Hall–Kier alpha value is -1.51. The van der Waals surface area contributed by atoms with E-state index in [1.165, 1.54) is 0 Å². The highest BCUT2D eigenvalue weighted by molar-refractivity contribution is 5.80. The Kier molecular flexibility index (Phi) is 3.90. The maximum Gasteiger partial charge on any atom is 0.227 e. The second-order valence-electron chi connectivity index (χ2n) is 5.21. The van der Waals surface area contributed by atoms with Gasteiger partial charge in [-0.15, -0.1) is 0 Å². The van der Waals surface area contributed by atoms with Gasteiger partial charge in [0.05, 0.1) is 6.42 Å². The van der Waals surface area contributed by atoms with Crippen LogP contribution in [0.1, 0.15) is 38.7 Å². The summed E-state index contributed by atoms with van der Waals surface area (Å²) in [6.07, 6.45) is 3.78. The minimum Gasteiger partial charge on any atom is -0.399 e. The quantitative estimate of drug-likeness (QED) is 0.833. The molecule has 98 valence electrons. The lowest BCUT2D eigenvalue weighted by molar-refractivity contribution is -0.133. The van der Waals surface area contributed by atoms with Crippen molar-refractivity contribution >= 4 is 11.6 Å². The number of carbonyl (C=O) groups excluding carboxylic acids is 1. The lowest BCUT2D eigenvalue weighted by Crippen LogP contribution is -2.40. The Balaban J connectivity index is 2.07. The molecule has 1 aliphatic heterocycles. The number of rotatable bonds is 3. The normalized spacial score (nSPS) is 23.3. The zero-order valence-electron chi connectivity index (χ0n) is 11.2. The van der Waals surface area contributed by atoms with Gasteiger partial charge in [-0.05, 0) is 43.9 Å². The molecule has 2 unspecified atom stereocenters. The van der Waals surface area contributed by atoms with E-state index in [1.807, 2.05) is 24.3 Å². The van der Waals surface area contributed by atoms with Crippen LogP contribution in [0.15, 0.2) is 24.3 Å². The summed E-state index contributed by atoms with van der Waals surface area (Å²) in [5, 5.41) is 0. The molecule has 3 heteroatoms. The first-order valence-corrected chi connectivity index (χ1v) is 6.77. The van der Waals surface area contributed by atoms with Crippen LogP contribution < -0.4 is 5.73 Å². The molecule has 0 aliphatic carbocycles. The number of likely N-dealkylation sites (tertiary alicyclic amines) is 1. The second kappa shape index (κ2) is 5.42. The molecule has 2 rings (SSSR count). The molecule has 1 fully saturated rings. The Bertz CT molecular complexity index is 430. The molecule has 1 aliphatic rings. The van der Waals surface area contributed by atoms with Gasteiger partial charge >= 0.3 is 0 Å². The molecule has 1 aromatic rings. The van der Waals surface area contributed by atoms with Gasteiger partial charge in [0.25, 0.3) is 0 Å². The zero-order valence-corrected chi connectivity index (χ0v) is 11.2. The first kappa shape index (κ1) is 12.9. The molecule has 0 saturated carbocycles. The highest BCUT2D eigenvalue weighted by Gasteiger charge is 2.32. The van der Waals surface area contributed by atoms with Gasteiger partial charge in [-0.1, -0.05) is 19.1 Å². The average molecular weight is 246 g/mol. The molecule has 1 amide bonds. The van der Waals surface area contributed by atoms with E-state index in [0.717, 1.165) is 30.5 Å². The van der Waals surface area contributed by atoms with Crippen LogP contribution in [0.3, 0.4) is 0 Å². The van der Waals surface area contributed by atoms with Crippen LogP contribution in [0.5, 0.6) is 0 Å². The predicted molar refractivity (Wildman–Crippen MR) is 74.2 cm³/mol. The molecule has 2 atom stereocenters. The number of benzene rings is 1. The number of nitrogen functional groups attached to an aromatic ring is 1. The van der Waals surface area contributed by atoms with E-state index in [9.17, 15) is 4.79 Å². The summed E-state index contributed by atoms with van der Waals surface area (Å²) in [7, 11) is 0. The predicted octanol–water partition coefficient (Wildman–Crippen LogP) is 2.60. The first-order valence-electron chi connectivity index (χ1n) is 6.77. The number of anilines is 1. The molecular weight excluding hydrogens is 224 g/mol. The second-order valence-corrected chi connectivity index (χ2v) is 5.21. The Morgan fingerprint density at radius 2 is 2.22 bits per heavy atom. The molecule has 3 nitrogen and oxygen atoms in total. The summed E-state index contributed by atoms with van der Waals surface area (Å²) in [6.45, 7) is 4.30. The summed E-state index contributed by atoms with van der Waals surface area (Å²) < 4.78 is 0. The van der Waals surface area contributed by atoms with E-state index < -0.39 is 0 Å². The fourth-order valence-corrected chi connectivity index (χ4v) is 2.89. The van der Waals surface area contributed by atoms with Crippen molar-refractivity contribution in [2.75, 3.05) is 5.73 Å². The van der Waals surface area contributed by atoms with E-state index in [0.29, 0.717) is 18.5 Å². The van der Waals surface area contributed by atoms with Crippen LogP contribution in [-0.4, -0.2) is 22.9 Å². The highest BCUT2D eigenvalue weighted by atomic mass is 16.2.